The van der Waals surface area contributed by atoms with Crippen LogP contribution in [0.15, 0.2) is 47.6 Å². The molecule has 2 rings (SSSR count). The van der Waals surface area contributed by atoms with Crippen LogP contribution in [0.25, 0.3) is 0 Å². The first-order valence-electron chi connectivity index (χ1n) is 5.92. The number of amides is 1. The number of nitrogens with zero attached hydrogens (tertiary/aromatic N) is 1. The summed E-state index contributed by atoms with van der Waals surface area (Å²) in [6.07, 6.45) is 1.49. The quantitative estimate of drug-likeness (QED) is 0.674. The number of hydrogen-bond donors (Lipinski definition) is 1. The summed E-state index contributed by atoms with van der Waals surface area (Å²) >= 11 is 12.0. The van der Waals surface area contributed by atoms with Crippen LogP contribution in [0.1, 0.15) is 21.5 Å². The van der Waals surface area contributed by atoms with Crippen molar-refractivity contribution >= 4 is 35.3 Å². The SMILES string of the molecule is Cc1ccc(C(=O)N/N=C\c2ccccc2Cl)c(Cl)c1. The molecule has 0 spiro atoms. The molecule has 0 aliphatic rings. The summed E-state index contributed by atoms with van der Waals surface area (Å²) in [4.78, 5) is 11.9. The highest BCUT2D eigenvalue weighted by molar-refractivity contribution is 6.34. The van der Waals surface area contributed by atoms with E-state index in [9.17, 15) is 4.79 Å². The Bertz CT molecular complexity index is 669. The number of hydrogen-bond acceptors (Lipinski definition) is 2. The van der Waals surface area contributed by atoms with E-state index in [0.29, 0.717) is 15.6 Å². The van der Waals surface area contributed by atoms with Crippen molar-refractivity contribution in [3.8, 4) is 0 Å². The van der Waals surface area contributed by atoms with Gasteiger partial charge in [-0.15, -0.1) is 0 Å². The Hall–Kier alpha value is -1.84. The standard InChI is InChI=1S/C15H12Cl2N2O/c1-10-6-7-12(14(17)8-10)15(20)19-18-9-11-4-2-3-5-13(11)16/h2-9H,1H3,(H,19,20)/b18-9-. The number of hydrazone groups is 1. The molecule has 0 heterocycles. The second kappa shape index (κ2) is 6.55. The smallest absolute Gasteiger partial charge is 0.267 e. The Morgan fingerprint density at radius 2 is 1.90 bits per heavy atom. The molecular formula is C15H12Cl2N2O. The third kappa shape index (κ3) is 3.59. The average molecular weight is 307 g/mol. The van der Waals surface area contributed by atoms with E-state index in [2.05, 4.69) is 10.5 Å². The van der Waals surface area contributed by atoms with Crippen molar-refractivity contribution in [2.45, 2.75) is 6.92 Å². The van der Waals surface area contributed by atoms with Gasteiger partial charge < -0.3 is 0 Å². The van der Waals surface area contributed by atoms with Gasteiger partial charge in [0, 0.05) is 10.6 Å². The number of rotatable bonds is 3. The fraction of sp³-hybridized carbons (Fsp3) is 0.0667. The number of carbonyl (C=O) groups excluding carboxylic acids is 1. The van der Waals surface area contributed by atoms with Gasteiger partial charge in [-0.05, 0) is 30.7 Å². The van der Waals surface area contributed by atoms with E-state index in [1.54, 1.807) is 24.3 Å². The minimum Gasteiger partial charge on any atom is -0.267 e. The fourth-order valence-corrected chi connectivity index (χ4v) is 2.11. The van der Waals surface area contributed by atoms with Gasteiger partial charge in [0.1, 0.15) is 0 Å². The fourth-order valence-electron chi connectivity index (χ4n) is 1.60. The van der Waals surface area contributed by atoms with Crippen LogP contribution in [0, 0.1) is 6.92 Å². The number of benzene rings is 2. The summed E-state index contributed by atoms with van der Waals surface area (Å²) in [5.74, 6) is -0.363. The lowest BCUT2D eigenvalue weighted by Crippen LogP contribution is -2.18. The summed E-state index contributed by atoms with van der Waals surface area (Å²) in [6.45, 7) is 1.91. The summed E-state index contributed by atoms with van der Waals surface area (Å²) in [6, 6.07) is 12.4. The molecule has 2 aromatic rings. The second-order valence-electron chi connectivity index (χ2n) is 4.20. The van der Waals surface area contributed by atoms with Crippen LogP contribution in [0.2, 0.25) is 10.0 Å². The van der Waals surface area contributed by atoms with Crippen molar-refractivity contribution < 1.29 is 4.79 Å². The Morgan fingerprint density at radius 3 is 2.60 bits per heavy atom. The third-order valence-corrected chi connectivity index (χ3v) is 3.30. The molecule has 1 N–H and O–H groups in total. The summed E-state index contributed by atoms with van der Waals surface area (Å²) in [7, 11) is 0. The summed E-state index contributed by atoms with van der Waals surface area (Å²) in [5.41, 5.74) is 4.52. The van der Waals surface area contributed by atoms with E-state index in [1.807, 2.05) is 25.1 Å². The zero-order valence-corrected chi connectivity index (χ0v) is 12.2. The third-order valence-electron chi connectivity index (χ3n) is 2.64. The largest absolute Gasteiger partial charge is 0.272 e. The molecular weight excluding hydrogens is 295 g/mol. The minimum absolute atomic E-state index is 0.363. The Labute approximate surface area is 127 Å². The molecule has 3 nitrogen and oxygen atoms in total. The van der Waals surface area contributed by atoms with E-state index in [1.165, 1.54) is 6.21 Å². The maximum atomic E-state index is 11.9. The highest BCUT2D eigenvalue weighted by Crippen LogP contribution is 2.17. The Balaban J connectivity index is 2.07. The van der Waals surface area contributed by atoms with Crippen LogP contribution >= 0.6 is 23.2 Å². The van der Waals surface area contributed by atoms with Crippen molar-refractivity contribution in [3.63, 3.8) is 0 Å². The van der Waals surface area contributed by atoms with Crippen LogP contribution in [0.4, 0.5) is 0 Å². The highest BCUT2D eigenvalue weighted by Gasteiger charge is 2.09. The molecule has 0 atom stereocenters. The van der Waals surface area contributed by atoms with Crippen molar-refractivity contribution in [2.75, 3.05) is 0 Å². The average Bonchev–Trinajstić information content (AvgIpc) is 2.40. The molecule has 0 aromatic heterocycles. The number of aryl methyl sites for hydroxylation is 1. The molecule has 20 heavy (non-hydrogen) atoms. The monoisotopic (exact) mass is 306 g/mol. The molecule has 2 aromatic carbocycles. The van der Waals surface area contributed by atoms with E-state index >= 15 is 0 Å². The maximum absolute atomic E-state index is 11.9. The lowest BCUT2D eigenvalue weighted by Gasteiger charge is -2.03. The second-order valence-corrected chi connectivity index (χ2v) is 5.02. The maximum Gasteiger partial charge on any atom is 0.272 e. The molecule has 0 aliphatic carbocycles. The normalized spacial score (nSPS) is 10.8. The number of carbonyl (C=O) groups is 1. The predicted octanol–water partition coefficient (Wildman–Crippen LogP) is 4.07. The zero-order valence-electron chi connectivity index (χ0n) is 10.7. The van der Waals surface area contributed by atoms with E-state index < -0.39 is 0 Å². The lowest BCUT2D eigenvalue weighted by atomic mass is 10.1. The van der Waals surface area contributed by atoms with Gasteiger partial charge in [-0.1, -0.05) is 47.5 Å². The highest BCUT2D eigenvalue weighted by atomic mass is 35.5. The molecule has 0 unspecified atom stereocenters. The lowest BCUT2D eigenvalue weighted by molar-refractivity contribution is 0.0955. The van der Waals surface area contributed by atoms with Gasteiger partial charge in [-0.2, -0.15) is 5.10 Å². The van der Waals surface area contributed by atoms with Gasteiger partial charge in [0.05, 0.1) is 16.8 Å². The van der Waals surface area contributed by atoms with Gasteiger partial charge in [0.15, 0.2) is 0 Å². The first-order chi connectivity index (χ1) is 9.58. The summed E-state index contributed by atoms with van der Waals surface area (Å²) < 4.78 is 0. The van der Waals surface area contributed by atoms with Crippen molar-refractivity contribution in [1.29, 1.82) is 0 Å². The van der Waals surface area contributed by atoms with Gasteiger partial charge in [-0.3, -0.25) is 4.79 Å². The van der Waals surface area contributed by atoms with Crippen LogP contribution in [-0.2, 0) is 0 Å². The van der Waals surface area contributed by atoms with Crippen LogP contribution in [0.3, 0.4) is 0 Å². The van der Waals surface area contributed by atoms with E-state index in [4.69, 9.17) is 23.2 Å². The van der Waals surface area contributed by atoms with E-state index in [-0.39, 0.29) is 5.91 Å². The first kappa shape index (κ1) is 14.6. The Kier molecular flexibility index (Phi) is 4.77. The van der Waals surface area contributed by atoms with Crippen LogP contribution in [-0.4, -0.2) is 12.1 Å². The van der Waals surface area contributed by atoms with Crippen molar-refractivity contribution in [3.05, 3.63) is 69.2 Å². The molecule has 102 valence electrons. The summed E-state index contributed by atoms with van der Waals surface area (Å²) in [5, 5.41) is 4.84. The van der Waals surface area contributed by atoms with Crippen molar-refractivity contribution in [1.82, 2.24) is 5.43 Å². The minimum atomic E-state index is -0.363. The Morgan fingerprint density at radius 1 is 1.15 bits per heavy atom. The molecule has 0 bridgehead atoms. The molecule has 0 aliphatic heterocycles. The zero-order chi connectivity index (χ0) is 14.5. The van der Waals surface area contributed by atoms with E-state index in [0.717, 1.165) is 11.1 Å². The number of halogens is 2. The van der Waals surface area contributed by atoms with Crippen LogP contribution < -0.4 is 5.43 Å². The molecule has 1 amide bonds. The first-order valence-corrected chi connectivity index (χ1v) is 6.67. The molecule has 0 fully saturated rings. The molecule has 0 radical (unpaired) electrons. The number of nitrogens with one attached hydrogen (secondary N) is 1. The van der Waals surface area contributed by atoms with Gasteiger partial charge in [-0.25, -0.2) is 5.43 Å². The van der Waals surface area contributed by atoms with Gasteiger partial charge in [0.2, 0.25) is 0 Å². The van der Waals surface area contributed by atoms with Crippen LogP contribution in [0.5, 0.6) is 0 Å². The molecule has 0 saturated carbocycles. The molecule has 5 heteroatoms. The van der Waals surface area contributed by atoms with Gasteiger partial charge >= 0.3 is 0 Å². The predicted molar refractivity (Wildman–Crippen MR) is 82.7 cm³/mol. The topological polar surface area (TPSA) is 41.5 Å². The molecule has 0 saturated heterocycles. The van der Waals surface area contributed by atoms with Crippen molar-refractivity contribution in [2.24, 2.45) is 5.10 Å². The van der Waals surface area contributed by atoms with Gasteiger partial charge in [0.25, 0.3) is 5.91 Å².